The van der Waals surface area contributed by atoms with Crippen molar-refractivity contribution in [3.63, 3.8) is 0 Å². The minimum atomic E-state index is -3.25. The van der Waals surface area contributed by atoms with Crippen LogP contribution in [-0.4, -0.2) is 41.4 Å². The van der Waals surface area contributed by atoms with Crippen molar-refractivity contribution in [1.29, 1.82) is 0 Å². The van der Waals surface area contributed by atoms with Gasteiger partial charge in [0.1, 0.15) is 0 Å². The number of rotatable bonds is 7. The zero-order valence-electron chi connectivity index (χ0n) is 19.4. The number of sulfone groups is 1. The number of nitrogens with zero attached hydrogens (tertiary/aromatic N) is 3. The Morgan fingerprint density at radius 3 is 2.48 bits per heavy atom. The van der Waals surface area contributed by atoms with Crippen molar-refractivity contribution in [2.75, 3.05) is 11.6 Å². The molecule has 4 rings (SSSR count). The first-order valence-corrected chi connectivity index (χ1v) is 13.4. The van der Waals surface area contributed by atoms with Gasteiger partial charge in [-0.1, -0.05) is 31.4 Å². The van der Waals surface area contributed by atoms with E-state index in [4.69, 9.17) is 4.98 Å². The number of carbonyl (C=O) groups excluding carboxylic acids is 1. The van der Waals surface area contributed by atoms with Gasteiger partial charge in [0.15, 0.2) is 15.5 Å². The van der Waals surface area contributed by atoms with E-state index in [0.29, 0.717) is 23.8 Å². The zero-order chi connectivity index (χ0) is 23.6. The van der Waals surface area contributed by atoms with E-state index in [9.17, 15) is 13.2 Å². The second-order valence-corrected chi connectivity index (χ2v) is 10.7. The van der Waals surface area contributed by atoms with Crippen LogP contribution in [0.25, 0.3) is 11.0 Å². The number of aryl methyl sites for hydroxylation is 2. The van der Waals surface area contributed by atoms with Crippen molar-refractivity contribution in [2.24, 2.45) is 0 Å². The third kappa shape index (κ3) is 5.03. The number of hydrogen-bond acceptors (Lipinski definition) is 6. The van der Waals surface area contributed by atoms with E-state index in [1.807, 2.05) is 18.5 Å². The van der Waals surface area contributed by atoms with Crippen LogP contribution in [0, 0.1) is 6.92 Å². The van der Waals surface area contributed by atoms with E-state index in [0.717, 1.165) is 35.1 Å². The molecule has 3 aromatic rings. The van der Waals surface area contributed by atoms with Gasteiger partial charge in [-0.15, -0.1) is 0 Å². The van der Waals surface area contributed by atoms with E-state index < -0.39 is 9.84 Å². The molecule has 8 nitrogen and oxygen atoms in total. The minimum Gasteiger partial charge on any atom is -0.381 e. The van der Waals surface area contributed by atoms with E-state index >= 15 is 0 Å². The number of nitrogens with one attached hydrogen (secondary N) is 2. The molecule has 0 atom stereocenters. The number of pyridine rings is 1. The summed E-state index contributed by atoms with van der Waals surface area (Å²) in [5, 5.41) is 12.0. The van der Waals surface area contributed by atoms with Crippen LogP contribution < -0.4 is 10.6 Å². The molecule has 0 bridgehead atoms. The van der Waals surface area contributed by atoms with Gasteiger partial charge in [0.05, 0.1) is 33.4 Å². The topological polar surface area (TPSA) is 106 Å². The molecule has 1 aromatic carbocycles. The third-order valence-electron chi connectivity index (χ3n) is 6.25. The van der Waals surface area contributed by atoms with E-state index in [-0.39, 0.29) is 17.3 Å². The summed E-state index contributed by atoms with van der Waals surface area (Å²) in [7, 11) is -3.25. The maximum Gasteiger partial charge on any atom is 0.255 e. The third-order valence-corrected chi connectivity index (χ3v) is 7.38. The SMILES string of the molecule is CCn1ncc2c(NC3CCCCC3)c(C(=O)NCc3ccc(S(C)(=O)=O)cc3)c(C)nc21. The first kappa shape index (κ1) is 23.2. The highest BCUT2D eigenvalue weighted by Gasteiger charge is 2.24. The molecule has 0 saturated heterocycles. The van der Waals surface area contributed by atoms with Crippen LogP contribution >= 0.6 is 0 Å². The Kier molecular flexibility index (Phi) is 6.69. The summed E-state index contributed by atoms with van der Waals surface area (Å²) >= 11 is 0. The Morgan fingerprint density at radius 1 is 1.15 bits per heavy atom. The second-order valence-electron chi connectivity index (χ2n) is 8.72. The number of amides is 1. The summed E-state index contributed by atoms with van der Waals surface area (Å²) in [4.78, 5) is 18.3. The summed E-state index contributed by atoms with van der Waals surface area (Å²) in [5.74, 6) is -0.211. The number of hydrogen-bond donors (Lipinski definition) is 2. The molecule has 2 N–H and O–H groups in total. The number of fused-ring (bicyclic) bond motifs is 1. The van der Waals surface area contributed by atoms with Gasteiger partial charge in [-0.2, -0.15) is 5.10 Å². The van der Waals surface area contributed by atoms with Crippen LogP contribution in [0.4, 0.5) is 5.69 Å². The maximum atomic E-state index is 13.3. The quantitative estimate of drug-likeness (QED) is 0.545. The van der Waals surface area contributed by atoms with Crippen LogP contribution in [0.3, 0.4) is 0 Å². The molecule has 0 spiro atoms. The molecule has 1 aliphatic rings. The highest BCUT2D eigenvalue weighted by Crippen LogP contribution is 2.31. The second kappa shape index (κ2) is 9.51. The first-order chi connectivity index (χ1) is 15.8. The molecule has 1 fully saturated rings. The largest absolute Gasteiger partial charge is 0.381 e. The van der Waals surface area contributed by atoms with Gasteiger partial charge < -0.3 is 10.6 Å². The van der Waals surface area contributed by atoms with E-state index in [2.05, 4.69) is 15.7 Å². The highest BCUT2D eigenvalue weighted by atomic mass is 32.2. The van der Waals surface area contributed by atoms with Crippen LogP contribution in [-0.2, 0) is 22.9 Å². The summed E-state index contributed by atoms with van der Waals surface area (Å²) in [6, 6.07) is 6.88. The van der Waals surface area contributed by atoms with Crippen molar-refractivity contribution in [1.82, 2.24) is 20.1 Å². The van der Waals surface area contributed by atoms with Gasteiger partial charge in [0.2, 0.25) is 0 Å². The fourth-order valence-electron chi connectivity index (χ4n) is 4.44. The molecule has 0 unspecified atom stereocenters. The number of anilines is 1. The predicted molar refractivity (Wildman–Crippen MR) is 129 cm³/mol. The molecule has 0 radical (unpaired) electrons. The molecule has 9 heteroatoms. The molecule has 2 aromatic heterocycles. The minimum absolute atomic E-state index is 0.211. The van der Waals surface area contributed by atoms with Crippen LogP contribution in [0.15, 0.2) is 35.4 Å². The number of aromatic nitrogens is 3. The van der Waals surface area contributed by atoms with Crippen LogP contribution in [0.2, 0.25) is 0 Å². The smallest absolute Gasteiger partial charge is 0.255 e. The van der Waals surface area contributed by atoms with Crippen molar-refractivity contribution < 1.29 is 13.2 Å². The van der Waals surface area contributed by atoms with Crippen LogP contribution in [0.5, 0.6) is 0 Å². The lowest BCUT2D eigenvalue weighted by atomic mass is 9.94. The lowest BCUT2D eigenvalue weighted by Crippen LogP contribution is -2.28. The summed E-state index contributed by atoms with van der Waals surface area (Å²) in [6.45, 7) is 4.87. The molecule has 1 amide bonds. The Labute approximate surface area is 194 Å². The number of benzene rings is 1. The number of carbonyl (C=O) groups is 1. The summed E-state index contributed by atoms with van der Waals surface area (Å²) in [6.07, 6.45) is 8.75. The Bertz CT molecular complexity index is 1260. The van der Waals surface area contributed by atoms with E-state index in [1.165, 1.54) is 25.5 Å². The van der Waals surface area contributed by atoms with Gasteiger partial charge in [-0.3, -0.25) is 4.79 Å². The van der Waals surface area contributed by atoms with E-state index in [1.54, 1.807) is 30.5 Å². The average Bonchev–Trinajstić information content (AvgIpc) is 3.20. The van der Waals surface area contributed by atoms with Crippen LogP contribution in [0.1, 0.15) is 60.6 Å². The highest BCUT2D eigenvalue weighted by molar-refractivity contribution is 7.90. The van der Waals surface area contributed by atoms with Gasteiger partial charge in [0, 0.05) is 25.4 Å². The average molecular weight is 470 g/mol. The first-order valence-electron chi connectivity index (χ1n) is 11.5. The van der Waals surface area contributed by atoms with Gasteiger partial charge >= 0.3 is 0 Å². The van der Waals surface area contributed by atoms with Gasteiger partial charge in [0.25, 0.3) is 5.91 Å². The predicted octanol–water partition coefficient (Wildman–Crippen LogP) is 3.84. The monoisotopic (exact) mass is 469 g/mol. The van der Waals surface area contributed by atoms with Gasteiger partial charge in [-0.05, 0) is 44.4 Å². The molecule has 176 valence electrons. The molecule has 2 heterocycles. The maximum absolute atomic E-state index is 13.3. The fraction of sp³-hybridized carbons (Fsp3) is 0.458. The molecule has 0 aliphatic heterocycles. The Hall–Kier alpha value is -2.94. The summed E-state index contributed by atoms with van der Waals surface area (Å²) < 4.78 is 25.2. The lowest BCUT2D eigenvalue weighted by molar-refractivity contribution is 0.0950. The van der Waals surface area contributed by atoms with Gasteiger partial charge in [-0.25, -0.2) is 18.1 Å². The standard InChI is InChI=1S/C24H31N5O3S/c1-4-29-23-20(15-26-29)22(28-18-8-6-5-7-9-18)21(16(2)27-23)24(30)25-14-17-10-12-19(13-11-17)33(3,31)32/h10-13,15,18H,4-9,14H2,1-3H3,(H,25,30)(H,27,28). The Morgan fingerprint density at radius 2 is 1.85 bits per heavy atom. The summed E-state index contributed by atoms with van der Waals surface area (Å²) in [5.41, 5.74) is 3.59. The van der Waals surface area contributed by atoms with Crippen molar-refractivity contribution in [2.45, 2.75) is 70.0 Å². The lowest BCUT2D eigenvalue weighted by Gasteiger charge is -2.26. The normalized spacial score (nSPS) is 15.0. The molecule has 33 heavy (non-hydrogen) atoms. The molecular formula is C24H31N5O3S. The molecule has 1 aliphatic carbocycles. The fourth-order valence-corrected chi connectivity index (χ4v) is 5.07. The van der Waals surface area contributed by atoms with Crippen molar-refractivity contribution in [3.05, 3.63) is 47.3 Å². The van der Waals surface area contributed by atoms with Crippen molar-refractivity contribution in [3.8, 4) is 0 Å². The molecular weight excluding hydrogens is 438 g/mol. The molecule has 1 saturated carbocycles. The van der Waals surface area contributed by atoms with Crippen molar-refractivity contribution >= 4 is 32.5 Å². The zero-order valence-corrected chi connectivity index (χ0v) is 20.2. The Balaban J connectivity index is 1.63.